The van der Waals surface area contributed by atoms with Crippen molar-refractivity contribution in [3.63, 3.8) is 0 Å². The van der Waals surface area contributed by atoms with Crippen LogP contribution in [0.15, 0.2) is 416 Å². The first-order valence-corrected chi connectivity index (χ1v) is 50.0. The monoisotopic (exact) mass is 2000 g/mol. The Morgan fingerprint density at radius 3 is 0.979 bits per heavy atom. The van der Waals surface area contributed by atoms with Gasteiger partial charge in [-0.2, -0.15) is 63.0 Å². The van der Waals surface area contributed by atoms with Gasteiger partial charge in [-0.25, -0.2) is 71.6 Å². The molecule has 0 saturated heterocycles. The predicted octanol–water partition coefficient (Wildman–Crippen LogP) is 18.3. The summed E-state index contributed by atoms with van der Waals surface area (Å²) in [6, 6.07) is 112. The number of ketones is 1. The summed E-state index contributed by atoms with van der Waals surface area (Å²) in [6.07, 6.45) is 19.2. The number of hydrogen-bond acceptors (Lipinski definition) is 23. The molecule has 0 fully saturated rings. The van der Waals surface area contributed by atoms with Gasteiger partial charge in [0.2, 0.25) is 10.0 Å². The Morgan fingerprint density at radius 2 is 0.614 bits per heavy atom. The lowest BCUT2D eigenvalue weighted by atomic mass is 9.83. The van der Waals surface area contributed by atoms with E-state index in [1.165, 1.54) is 75.9 Å². The Labute approximate surface area is 843 Å². The van der Waals surface area contributed by atoms with Crippen LogP contribution in [0, 0.1) is 11.3 Å². The summed E-state index contributed by atoms with van der Waals surface area (Å²) in [6.45, 7) is 7.65. The van der Waals surface area contributed by atoms with Crippen LogP contribution in [-0.2, 0) is 81.1 Å². The van der Waals surface area contributed by atoms with Crippen LogP contribution in [0.1, 0.15) is 74.3 Å². The summed E-state index contributed by atoms with van der Waals surface area (Å²) >= 11 is 6.20. The van der Waals surface area contributed by atoms with Crippen molar-refractivity contribution in [2.24, 2.45) is 15.4 Å². The van der Waals surface area contributed by atoms with Gasteiger partial charge in [-0.3, -0.25) is 4.79 Å². The zero-order chi connectivity index (χ0) is 102. The van der Waals surface area contributed by atoms with Gasteiger partial charge in [0.15, 0.2) is 5.78 Å². The average molecular weight is 2010 g/mol. The second-order valence-corrected chi connectivity index (χ2v) is 37.8. The molecule has 728 valence electrons. The van der Waals surface area contributed by atoms with Gasteiger partial charge in [-0.05, 0) is 227 Å². The van der Waals surface area contributed by atoms with Crippen molar-refractivity contribution in [1.29, 1.82) is 5.26 Å². The Morgan fingerprint density at radius 1 is 0.317 bits per heavy atom. The van der Waals surface area contributed by atoms with E-state index in [-0.39, 0.29) is 23.0 Å². The highest BCUT2D eigenvalue weighted by molar-refractivity contribution is 7.88. The predicted molar refractivity (Wildman–Crippen MR) is 556 cm³/mol. The number of benzene rings is 14. The molecule has 32 nitrogen and oxygen atoms in total. The molecule has 0 saturated carbocycles. The van der Waals surface area contributed by atoms with E-state index < -0.39 is 36.0 Å². The van der Waals surface area contributed by atoms with E-state index in [2.05, 4.69) is 186 Å². The molecule has 14 aromatic carbocycles. The molecule has 6 aromatic heterocycles. The lowest BCUT2D eigenvalue weighted by Crippen LogP contribution is -2.18. The van der Waals surface area contributed by atoms with Gasteiger partial charge >= 0.3 is 20.6 Å². The van der Waals surface area contributed by atoms with Crippen LogP contribution in [0.25, 0.3) is 77.9 Å². The maximum Gasteiger partial charge on any atom is 0.380 e. The van der Waals surface area contributed by atoms with E-state index in [9.17, 15) is 35.3 Å². The topological polar surface area (TPSA) is 433 Å². The number of nitriles is 1. The molecular formula is C109H97ClN22O10S3. The van der Waals surface area contributed by atoms with Crippen molar-refractivity contribution in [2.45, 2.75) is 64.3 Å². The Balaban J connectivity index is 0.000000131. The van der Waals surface area contributed by atoms with Crippen molar-refractivity contribution in [3.05, 3.63) is 476 Å². The Bertz CT molecular complexity index is 8040. The maximum absolute atomic E-state index is 12.9. The molecule has 20 aromatic rings. The normalized spacial score (nSPS) is 11.1. The number of halogens is 1. The third-order valence-corrected chi connectivity index (χ3v) is 24.2. The SMILES string of the molecule is CC(C)(C#N)c1cc(Cn2cncn2)cc(-c2cccc(C(=O)c3ccccc3)c2)c1.COc1ccc(-c2cccc(Cn3cncn3)c2)cc1.NS(=O)(=O)Cc1ccc(-c2cccc(Cn3cncn3)c2)cc1Cl.NS(=O)(=O)Oc1ccc(-c2cccc(Cn3cncn3)c2)cc1.NS(=O)(=O)Oc1cccc(-c2cccc(Cn3cncn3)c2)c1.c1ccc(-c2ccc(-c3cccc(Cn4cncn4)c3)cc2)cc1. The molecule has 20 rings (SSSR count). The highest BCUT2D eigenvalue weighted by atomic mass is 35.5. The van der Waals surface area contributed by atoms with Crippen molar-refractivity contribution in [3.8, 4) is 101 Å². The van der Waals surface area contributed by atoms with E-state index in [0.29, 0.717) is 47.9 Å². The first kappa shape index (κ1) is 102. The third-order valence-electron chi connectivity index (χ3n) is 22.3. The number of ether oxygens (including phenoxy) is 1. The minimum atomic E-state index is -4.04. The fourth-order valence-corrected chi connectivity index (χ4v) is 17.0. The highest BCUT2D eigenvalue weighted by Gasteiger charge is 2.23. The van der Waals surface area contributed by atoms with Crippen LogP contribution in [0.4, 0.5) is 0 Å². The van der Waals surface area contributed by atoms with E-state index >= 15 is 0 Å². The minimum absolute atomic E-state index is 0.0150. The molecule has 145 heavy (non-hydrogen) atoms. The molecule has 0 spiro atoms. The van der Waals surface area contributed by atoms with Crippen molar-refractivity contribution >= 4 is 48.0 Å². The second kappa shape index (κ2) is 48.6. The van der Waals surface area contributed by atoms with Crippen molar-refractivity contribution in [2.75, 3.05) is 7.11 Å². The standard InChI is InChI=1S/C26H22N4O.C21H17N3.C16H15ClN4O2S.C16H15N3O.2C15H14N4O3S/c1-26(2,16-27)24-12-19(15-30-18-28-17-29-30)11-23(14-24)21-9-6-10-22(13-21)25(31)20-7-4-3-5-8-20;1-2-6-18(7-3-1)19-9-11-20(12-10-19)21-8-4-5-17(13-21)14-24-16-22-15-23-24;17-16-7-14(4-5-15(16)9-24(18,22)23)13-3-1-2-12(6-13)8-21-11-19-10-20-21;1-20-16-7-5-14(6-8-16)15-4-2-3-13(9-15)10-19-12-17-11-18-19;16-23(20,21)22-15-6-2-5-14(8-15)13-4-1-3-12(7-13)9-19-11-17-10-18-19;16-23(20,21)22-15-6-4-13(5-7-15)14-3-1-2-12(8-14)9-19-11-17-10-18-19/h3-14,17-18H,15H2,1-2H3;1-13,15-16H,14H2;1-7,10-11H,8-9H2,(H2,18,22,23);2-9,11-12H,10H2,1H3;2*1-8,10-11H,9H2,(H2,16,20,21). The summed E-state index contributed by atoms with van der Waals surface area (Å²) in [5.41, 5.74) is 23.4. The summed E-state index contributed by atoms with van der Waals surface area (Å²) < 4.78 is 91.3. The van der Waals surface area contributed by atoms with Gasteiger partial charge in [-0.1, -0.05) is 260 Å². The second-order valence-electron chi connectivity index (χ2n) is 33.5. The summed E-state index contributed by atoms with van der Waals surface area (Å²) in [5, 5.41) is 49.6. The average Bonchev–Trinajstić information content (AvgIpc) is 1.55. The van der Waals surface area contributed by atoms with Crippen LogP contribution >= 0.6 is 11.6 Å². The molecule has 0 aliphatic carbocycles. The number of nitrogens with two attached hydrogens (primary N) is 3. The number of nitrogens with zero attached hydrogens (tertiary/aromatic N) is 19. The molecule has 36 heteroatoms. The smallest absolute Gasteiger partial charge is 0.380 e. The largest absolute Gasteiger partial charge is 0.497 e. The summed E-state index contributed by atoms with van der Waals surface area (Å²) in [7, 11) is -9.98. The number of methoxy groups -OCH3 is 1. The van der Waals surface area contributed by atoms with Gasteiger partial charge in [-0.15, -0.1) is 0 Å². The molecule has 6 N–H and O–H groups in total. The van der Waals surface area contributed by atoms with E-state index in [4.69, 9.17) is 35.9 Å². The molecule has 0 amide bonds. The van der Waals surface area contributed by atoms with Crippen LogP contribution in [0.5, 0.6) is 17.2 Å². The molecule has 6 heterocycles. The fraction of sp³-hybridized carbons (Fsp3) is 0.101. The number of rotatable bonds is 29. The van der Waals surface area contributed by atoms with Gasteiger partial charge < -0.3 is 13.1 Å². The number of sulfonamides is 1. The summed E-state index contributed by atoms with van der Waals surface area (Å²) in [4.78, 5) is 36.6. The number of aromatic nitrogens is 18. The first-order chi connectivity index (χ1) is 70.1. The zero-order valence-corrected chi connectivity index (χ0v) is 81.8. The lowest BCUT2D eigenvalue weighted by Gasteiger charge is -2.19. The summed E-state index contributed by atoms with van der Waals surface area (Å²) in [5.74, 6) is 0.923. The fourth-order valence-electron chi connectivity index (χ4n) is 15.3. The molecule has 0 aliphatic rings. The first-order valence-electron chi connectivity index (χ1n) is 45.0. The highest BCUT2D eigenvalue weighted by Crippen LogP contribution is 2.35. The van der Waals surface area contributed by atoms with E-state index in [0.717, 1.165) is 91.2 Å². The van der Waals surface area contributed by atoms with Crippen LogP contribution in [0.2, 0.25) is 5.02 Å². The lowest BCUT2D eigenvalue weighted by molar-refractivity contribution is 0.103. The third kappa shape index (κ3) is 31.0. The van der Waals surface area contributed by atoms with Crippen LogP contribution in [-0.4, -0.2) is 127 Å². The van der Waals surface area contributed by atoms with Gasteiger partial charge in [0.1, 0.15) is 93.2 Å². The Hall–Kier alpha value is -17.5. The Kier molecular flexibility index (Phi) is 34.1. The van der Waals surface area contributed by atoms with Gasteiger partial charge in [0.05, 0.1) is 63.6 Å². The number of carbonyl (C=O) groups excluding carboxylic acids is 1. The van der Waals surface area contributed by atoms with E-state index in [1.54, 1.807) is 125 Å². The maximum atomic E-state index is 12.9. The van der Waals surface area contributed by atoms with Crippen molar-refractivity contribution in [1.82, 2.24) is 88.6 Å². The zero-order valence-electron chi connectivity index (χ0n) is 78.6. The van der Waals surface area contributed by atoms with E-state index in [1.807, 2.05) is 193 Å². The van der Waals surface area contributed by atoms with Crippen LogP contribution < -0.4 is 28.5 Å². The van der Waals surface area contributed by atoms with Gasteiger partial charge in [0, 0.05) is 16.1 Å². The molecule has 0 unspecified atom stereocenters. The molecular weight excluding hydrogens is 1910 g/mol. The minimum Gasteiger partial charge on any atom is -0.497 e. The number of hydrogen-bond donors (Lipinski definition) is 3. The quantitative estimate of drug-likeness (QED) is 0.0367. The van der Waals surface area contributed by atoms with Gasteiger partial charge in [0.25, 0.3) is 0 Å². The molecule has 0 aliphatic heterocycles. The molecule has 0 atom stereocenters. The molecule has 0 radical (unpaired) electrons. The molecule has 0 bridgehead atoms. The van der Waals surface area contributed by atoms with Crippen molar-refractivity contribution < 1.29 is 43.2 Å². The van der Waals surface area contributed by atoms with Crippen LogP contribution in [0.3, 0.4) is 0 Å². The number of primary sulfonamides is 1. The number of carbonyl (C=O) groups is 1.